The number of hydrogen-bond acceptors (Lipinski definition) is 2. The molecule has 3 heteroatoms. The molecular formula is C8H6BrNO. The zero-order valence-corrected chi connectivity index (χ0v) is 6.82. The molecule has 0 aliphatic rings. The summed E-state index contributed by atoms with van der Waals surface area (Å²) in [5, 5.41) is 8.80. The van der Waals surface area contributed by atoms with E-state index >= 15 is 0 Å². The van der Waals surface area contributed by atoms with Gasteiger partial charge in [0.25, 0.3) is 0 Å². The number of halogens is 1. The topological polar surface area (TPSA) is 33.0 Å². The van der Waals surface area contributed by atoms with Crippen LogP contribution in [0.5, 0.6) is 5.75 Å². The fourth-order valence-electron chi connectivity index (χ4n) is 0.502. The van der Waals surface area contributed by atoms with Crippen molar-refractivity contribution in [2.24, 2.45) is 0 Å². The second kappa shape index (κ2) is 3.40. The lowest BCUT2D eigenvalue weighted by Gasteiger charge is -1.99. The highest BCUT2D eigenvalue weighted by molar-refractivity contribution is 9.10. The van der Waals surface area contributed by atoms with Crippen molar-refractivity contribution in [1.82, 2.24) is 0 Å². The Bertz CT molecular complexity index is 506. The average Bonchev–Trinajstić information content (AvgIpc) is 2.21. The summed E-state index contributed by atoms with van der Waals surface area (Å²) >= 11 is 2.91. The molecule has 0 saturated heterocycles. The molecule has 0 bridgehead atoms. The van der Waals surface area contributed by atoms with E-state index in [2.05, 4.69) is 20.7 Å². The Balaban J connectivity index is 3.52. The normalized spacial score (nSPS) is 17.8. The van der Waals surface area contributed by atoms with E-state index in [9.17, 15) is 0 Å². The summed E-state index contributed by atoms with van der Waals surface area (Å²) in [5.74, 6) is -0.588. The van der Waals surface area contributed by atoms with Crippen LogP contribution in [0.25, 0.3) is 0 Å². The molecule has 0 saturated carbocycles. The van der Waals surface area contributed by atoms with Gasteiger partial charge in [-0.15, -0.1) is 0 Å². The minimum Gasteiger partial charge on any atom is -0.497 e. The predicted octanol–water partition coefficient (Wildman–Crippen LogP) is 2.33. The van der Waals surface area contributed by atoms with Crippen molar-refractivity contribution >= 4 is 15.9 Å². The SMILES string of the molecule is [2H]c1c([2H])c(OC([2H])([2H])[2H])c([2H])c(C#N)c1Br. The van der Waals surface area contributed by atoms with E-state index in [4.69, 9.17) is 13.5 Å². The van der Waals surface area contributed by atoms with Gasteiger partial charge in [-0.2, -0.15) is 5.26 Å². The van der Waals surface area contributed by atoms with Gasteiger partial charge in [-0.3, -0.25) is 0 Å². The van der Waals surface area contributed by atoms with Gasteiger partial charge in [-0.1, -0.05) is 0 Å². The molecule has 0 aliphatic heterocycles. The van der Waals surface area contributed by atoms with E-state index in [0.29, 0.717) is 0 Å². The van der Waals surface area contributed by atoms with Crippen LogP contribution in [-0.2, 0) is 0 Å². The molecule has 11 heavy (non-hydrogen) atoms. The van der Waals surface area contributed by atoms with Gasteiger partial charge in [-0.25, -0.2) is 0 Å². The Kier molecular flexibility index (Phi) is 0.976. The minimum atomic E-state index is -2.83. The van der Waals surface area contributed by atoms with Gasteiger partial charge in [0.2, 0.25) is 0 Å². The third-order valence-corrected chi connectivity index (χ3v) is 1.55. The van der Waals surface area contributed by atoms with Gasteiger partial charge in [0.05, 0.1) is 20.8 Å². The first-order valence-corrected chi connectivity index (χ1v) is 3.36. The molecule has 0 unspecified atom stereocenters. The molecule has 0 aliphatic carbocycles. The Hall–Kier alpha value is -1.01. The molecule has 0 fully saturated rings. The summed E-state index contributed by atoms with van der Waals surface area (Å²) in [4.78, 5) is 0. The lowest BCUT2D eigenvalue weighted by Crippen LogP contribution is -1.84. The maximum absolute atomic E-state index is 8.80. The van der Waals surface area contributed by atoms with Gasteiger partial charge in [-0.05, 0) is 34.1 Å². The Morgan fingerprint density at radius 2 is 2.64 bits per heavy atom. The molecule has 1 aromatic rings. The van der Waals surface area contributed by atoms with Crippen molar-refractivity contribution in [3.05, 3.63) is 28.2 Å². The highest BCUT2D eigenvalue weighted by Crippen LogP contribution is 2.21. The summed E-state index contributed by atoms with van der Waals surface area (Å²) in [6.07, 6.45) is 0. The number of nitrogens with zero attached hydrogens (tertiary/aromatic N) is 1. The van der Waals surface area contributed by atoms with Crippen molar-refractivity contribution in [1.29, 1.82) is 5.26 Å². The fourth-order valence-corrected chi connectivity index (χ4v) is 0.789. The van der Waals surface area contributed by atoms with Crippen molar-refractivity contribution in [3.63, 3.8) is 0 Å². The van der Waals surface area contributed by atoms with Gasteiger partial charge >= 0.3 is 0 Å². The predicted molar refractivity (Wildman–Crippen MR) is 45.4 cm³/mol. The van der Waals surface area contributed by atoms with Crippen LogP contribution in [0.4, 0.5) is 0 Å². The molecule has 2 nitrogen and oxygen atoms in total. The molecule has 1 rings (SSSR count). The number of methoxy groups -OCH3 is 1. The van der Waals surface area contributed by atoms with E-state index in [1.165, 1.54) is 0 Å². The average molecular weight is 218 g/mol. The first kappa shape index (κ1) is 3.16. The first-order valence-electron chi connectivity index (χ1n) is 5.57. The molecule has 0 radical (unpaired) electrons. The lowest BCUT2D eigenvalue weighted by molar-refractivity contribution is 0.414. The molecule has 0 N–H and O–H groups in total. The van der Waals surface area contributed by atoms with Gasteiger partial charge in [0.1, 0.15) is 11.8 Å². The third-order valence-electron chi connectivity index (χ3n) is 0.958. The van der Waals surface area contributed by atoms with Crippen LogP contribution in [0.15, 0.2) is 22.6 Å². The minimum absolute atomic E-state index is 0.0205. The van der Waals surface area contributed by atoms with Crippen LogP contribution >= 0.6 is 15.9 Å². The van der Waals surface area contributed by atoms with Crippen LogP contribution in [-0.4, -0.2) is 7.04 Å². The number of hydrogen-bond donors (Lipinski definition) is 0. The summed E-state index contributed by atoms with van der Waals surface area (Å²) < 4.78 is 47.7. The van der Waals surface area contributed by atoms with Crippen molar-refractivity contribution in [2.75, 3.05) is 7.04 Å². The molecule has 0 atom stereocenters. The van der Waals surface area contributed by atoms with Crippen molar-refractivity contribution < 1.29 is 13.0 Å². The maximum Gasteiger partial charge on any atom is 0.120 e. The lowest BCUT2D eigenvalue weighted by atomic mass is 10.2. The first-order chi connectivity index (χ1) is 7.69. The third kappa shape index (κ3) is 1.72. The van der Waals surface area contributed by atoms with Crippen LogP contribution in [0.2, 0.25) is 0 Å². The molecular weight excluding hydrogens is 206 g/mol. The summed E-state index contributed by atoms with van der Waals surface area (Å²) in [6.45, 7) is 0. The van der Waals surface area contributed by atoms with E-state index in [1.807, 2.05) is 0 Å². The standard InChI is InChI=1S/C8H6BrNO/c1-11-7-2-3-8(9)6(4-7)5-10/h2-4H,1H3/i1D3,2D,3D,4D. The zero-order valence-electron chi connectivity index (χ0n) is 11.2. The quantitative estimate of drug-likeness (QED) is 0.724. The fraction of sp³-hybridized carbons (Fsp3) is 0.125. The number of ether oxygens (including phenoxy) is 1. The van der Waals surface area contributed by atoms with Crippen LogP contribution in [0.3, 0.4) is 0 Å². The second-order valence-corrected chi connectivity index (χ2v) is 2.40. The van der Waals surface area contributed by atoms with Crippen LogP contribution in [0, 0.1) is 11.3 Å². The summed E-state index contributed by atoms with van der Waals surface area (Å²) in [7, 11) is -2.83. The second-order valence-electron chi connectivity index (χ2n) is 1.61. The molecule has 0 spiro atoms. The van der Waals surface area contributed by atoms with Crippen LogP contribution < -0.4 is 4.74 Å². The molecule has 0 aromatic heterocycles. The monoisotopic (exact) mass is 217 g/mol. The summed E-state index contributed by atoms with van der Waals surface area (Å²) in [6, 6.07) is 0.203. The number of rotatable bonds is 1. The maximum atomic E-state index is 8.80. The van der Waals surface area contributed by atoms with E-state index < -0.39 is 30.9 Å². The van der Waals surface area contributed by atoms with E-state index in [0.717, 1.165) is 0 Å². The Labute approximate surface area is 82.0 Å². The van der Waals surface area contributed by atoms with E-state index in [-0.39, 0.29) is 10.0 Å². The Morgan fingerprint density at radius 3 is 3.27 bits per heavy atom. The van der Waals surface area contributed by atoms with Gasteiger partial charge < -0.3 is 4.74 Å². The molecule has 0 amide bonds. The summed E-state index contributed by atoms with van der Waals surface area (Å²) in [5.41, 5.74) is -0.231. The highest BCUT2D eigenvalue weighted by atomic mass is 79.9. The Morgan fingerprint density at radius 1 is 1.82 bits per heavy atom. The molecule has 1 aromatic carbocycles. The van der Waals surface area contributed by atoms with Gasteiger partial charge in [0, 0.05) is 4.47 Å². The largest absolute Gasteiger partial charge is 0.497 e. The molecule has 0 heterocycles. The zero-order chi connectivity index (χ0) is 13.4. The van der Waals surface area contributed by atoms with Crippen molar-refractivity contribution in [2.45, 2.75) is 0 Å². The van der Waals surface area contributed by atoms with Gasteiger partial charge in [0.15, 0.2) is 0 Å². The van der Waals surface area contributed by atoms with Crippen molar-refractivity contribution in [3.8, 4) is 11.8 Å². The number of benzene rings is 1. The van der Waals surface area contributed by atoms with Crippen LogP contribution in [0.1, 0.15) is 13.8 Å². The highest BCUT2D eigenvalue weighted by Gasteiger charge is 1.99. The van der Waals surface area contributed by atoms with E-state index in [1.54, 1.807) is 6.07 Å². The number of nitriles is 1. The smallest absolute Gasteiger partial charge is 0.120 e. The molecule has 56 valence electrons.